The van der Waals surface area contributed by atoms with Crippen LogP contribution in [0.5, 0.6) is 5.75 Å². The first-order valence-corrected chi connectivity index (χ1v) is 12.2. The van der Waals surface area contributed by atoms with E-state index in [1.165, 1.54) is 5.56 Å². The summed E-state index contributed by atoms with van der Waals surface area (Å²) in [6.45, 7) is 7.16. The third-order valence-corrected chi connectivity index (χ3v) is 5.64. The minimum absolute atomic E-state index is 0. The van der Waals surface area contributed by atoms with Crippen molar-refractivity contribution in [3.8, 4) is 5.75 Å². The van der Waals surface area contributed by atoms with Gasteiger partial charge in [-0.2, -0.15) is 0 Å². The molecule has 196 valence electrons. The van der Waals surface area contributed by atoms with Gasteiger partial charge >= 0.3 is 0 Å². The number of carbonyl (C=O) groups excluding carboxylic acids is 1. The van der Waals surface area contributed by atoms with Crippen LogP contribution in [0.25, 0.3) is 6.08 Å². The number of hydrogen-bond donors (Lipinski definition) is 4. The molecule has 0 fully saturated rings. The van der Waals surface area contributed by atoms with Gasteiger partial charge in [0, 0.05) is 18.6 Å². The average molecular weight is 525 g/mol. The zero-order valence-electron chi connectivity index (χ0n) is 21.2. The van der Waals surface area contributed by atoms with Crippen LogP contribution in [0.3, 0.4) is 0 Å². The Hall–Kier alpha value is -2.05. The highest BCUT2D eigenvalue weighted by atomic mass is 35.5. The molecule has 35 heavy (non-hydrogen) atoms. The standard InChI is InChI=1S/C28H41N3O2.2ClH/c1-4-5-11-27(29)28(33)31-25(19-23-13-16-26(32)17-14-23)20-30-24(18-21(2)3)15-12-22-9-7-6-8-10-22;;/h6-10,12-17,21,24-25,27,30,32H,4-5,11,18-20,29H2,1-3H3,(H,31,33);2*1H/t24-,25+,27+;;/m1../s1. The van der Waals surface area contributed by atoms with E-state index in [4.69, 9.17) is 5.73 Å². The van der Waals surface area contributed by atoms with Crippen molar-refractivity contribution in [3.63, 3.8) is 0 Å². The smallest absolute Gasteiger partial charge is 0.237 e. The first-order valence-electron chi connectivity index (χ1n) is 12.2. The van der Waals surface area contributed by atoms with Crippen LogP contribution in [0, 0.1) is 5.92 Å². The van der Waals surface area contributed by atoms with E-state index in [2.05, 4.69) is 55.7 Å². The summed E-state index contributed by atoms with van der Waals surface area (Å²) in [6.07, 6.45) is 8.67. The summed E-state index contributed by atoms with van der Waals surface area (Å²) in [5.41, 5.74) is 8.35. The van der Waals surface area contributed by atoms with E-state index < -0.39 is 6.04 Å². The topological polar surface area (TPSA) is 87.4 Å². The summed E-state index contributed by atoms with van der Waals surface area (Å²) in [5.74, 6) is 0.673. The van der Waals surface area contributed by atoms with Gasteiger partial charge < -0.3 is 21.5 Å². The summed E-state index contributed by atoms with van der Waals surface area (Å²) in [7, 11) is 0. The van der Waals surface area contributed by atoms with Crippen LogP contribution in [-0.2, 0) is 11.2 Å². The number of aromatic hydroxyl groups is 1. The van der Waals surface area contributed by atoms with Crippen molar-refractivity contribution >= 4 is 36.8 Å². The molecule has 5 N–H and O–H groups in total. The summed E-state index contributed by atoms with van der Waals surface area (Å²) < 4.78 is 0. The average Bonchev–Trinajstić information content (AvgIpc) is 2.80. The largest absolute Gasteiger partial charge is 0.508 e. The number of carbonyl (C=O) groups is 1. The number of rotatable bonds is 14. The fourth-order valence-corrected chi connectivity index (χ4v) is 3.78. The Morgan fingerprint density at radius 1 is 1.06 bits per heavy atom. The van der Waals surface area contributed by atoms with Gasteiger partial charge in [0.1, 0.15) is 5.75 Å². The summed E-state index contributed by atoms with van der Waals surface area (Å²) in [4.78, 5) is 12.7. The van der Waals surface area contributed by atoms with E-state index in [9.17, 15) is 9.90 Å². The lowest BCUT2D eigenvalue weighted by Crippen LogP contribution is -2.50. The minimum atomic E-state index is -0.489. The van der Waals surface area contributed by atoms with Crippen molar-refractivity contribution in [3.05, 3.63) is 71.8 Å². The van der Waals surface area contributed by atoms with E-state index >= 15 is 0 Å². The van der Waals surface area contributed by atoms with Crippen molar-refractivity contribution in [1.82, 2.24) is 10.6 Å². The number of nitrogens with one attached hydrogen (secondary N) is 2. The molecule has 3 atom stereocenters. The Morgan fingerprint density at radius 3 is 2.31 bits per heavy atom. The van der Waals surface area contributed by atoms with Crippen molar-refractivity contribution < 1.29 is 9.90 Å². The highest BCUT2D eigenvalue weighted by Crippen LogP contribution is 2.13. The van der Waals surface area contributed by atoms with Crippen LogP contribution in [0.15, 0.2) is 60.7 Å². The van der Waals surface area contributed by atoms with Crippen molar-refractivity contribution in [2.45, 2.75) is 71.0 Å². The molecule has 2 aromatic carbocycles. The maximum atomic E-state index is 12.7. The van der Waals surface area contributed by atoms with Crippen molar-refractivity contribution in [2.75, 3.05) is 6.54 Å². The zero-order valence-corrected chi connectivity index (χ0v) is 22.8. The van der Waals surface area contributed by atoms with Crippen LogP contribution in [0.1, 0.15) is 57.6 Å². The molecule has 0 bridgehead atoms. The molecule has 0 aliphatic carbocycles. The number of benzene rings is 2. The molecular formula is C28H43Cl2N3O2. The van der Waals surface area contributed by atoms with E-state index in [0.717, 1.165) is 24.8 Å². The lowest BCUT2D eigenvalue weighted by molar-refractivity contribution is -0.123. The van der Waals surface area contributed by atoms with Gasteiger partial charge in [0.25, 0.3) is 0 Å². The molecule has 2 rings (SSSR count). The van der Waals surface area contributed by atoms with Gasteiger partial charge in [-0.3, -0.25) is 4.79 Å². The Bertz CT molecular complexity index is 845. The molecule has 0 spiro atoms. The molecule has 5 nitrogen and oxygen atoms in total. The Labute approximate surface area is 223 Å². The predicted octanol–water partition coefficient (Wildman–Crippen LogP) is 5.50. The number of hydrogen-bond acceptors (Lipinski definition) is 4. The minimum Gasteiger partial charge on any atom is -0.508 e. The van der Waals surface area contributed by atoms with Gasteiger partial charge in [0.15, 0.2) is 0 Å². The second-order valence-electron chi connectivity index (χ2n) is 9.24. The predicted molar refractivity (Wildman–Crippen MR) is 152 cm³/mol. The second-order valence-corrected chi connectivity index (χ2v) is 9.24. The van der Waals surface area contributed by atoms with Gasteiger partial charge in [-0.1, -0.05) is 88.2 Å². The van der Waals surface area contributed by atoms with Crippen LogP contribution < -0.4 is 16.4 Å². The summed E-state index contributed by atoms with van der Waals surface area (Å²) >= 11 is 0. The number of nitrogens with two attached hydrogens (primary N) is 1. The molecule has 0 saturated heterocycles. The third kappa shape index (κ3) is 13.6. The van der Waals surface area contributed by atoms with Crippen LogP contribution in [0.4, 0.5) is 0 Å². The highest BCUT2D eigenvalue weighted by molar-refractivity contribution is 5.85. The van der Waals surface area contributed by atoms with E-state index in [0.29, 0.717) is 25.3 Å². The Kier molecular flexibility index (Phi) is 17.2. The van der Waals surface area contributed by atoms with Gasteiger partial charge in [-0.25, -0.2) is 0 Å². The Balaban J connectivity index is 0.00000578. The van der Waals surface area contributed by atoms with Crippen molar-refractivity contribution in [2.24, 2.45) is 11.7 Å². The number of phenolic OH excluding ortho intramolecular Hbond substituents is 1. The SMILES string of the molecule is CCCC[C@H](N)C(=O)N[C@H](CN[C@H](C=Cc1ccccc1)CC(C)C)Cc1ccc(O)cc1.Cl.Cl. The maximum absolute atomic E-state index is 12.7. The van der Waals surface area contributed by atoms with E-state index in [1.807, 2.05) is 30.3 Å². The van der Waals surface area contributed by atoms with Gasteiger partial charge in [0.2, 0.25) is 5.91 Å². The molecule has 0 saturated carbocycles. The molecule has 2 aromatic rings. The first kappa shape index (κ1) is 33.0. The molecule has 7 heteroatoms. The van der Waals surface area contributed by atoms with Gasteiger partial charge in [-0.05, 0) is 48.4 Å². The van der Waals surface area contributed by atoms with E-state index in [1.54, 1.807) is 12.1 Å². The molecule has 0 aliphatic heterocycles. The molecule has 0 aromatic heterocycles. The Morgan fingerprint density at radius 2 is 1.71 bits per heavy atom. The fourth-order valence-electron chi connectivity index (χ4n) is 3.78. The van der Waals surface area contributed by atoms with Gasteiger partial charge in [-0.15, -0.1) is 24.8 Å². The third-order valence-electron chi connectivity index (χ3n) is 5.64. The fraction of sp³-hybridized carbons (Fsp3) is 0.464. The van der Waals surface area contributed by atoms with Crippen LogP contribution in [0.2, 0.25) is 0 Å². The number of amides is 1. The normalized spacial score (nSPS) is 13.5. The molecule has 0 heterocycles. The number of phenols is 1. The first-order chi connectivity index (χ1) is 15.9. The number of halogens is 2. The molecule has 1 amide bonds. The van der Waals surface area contributed by atoms with Crippen LogP contribution in [-0.4, -0.2) is 35.7 Å². The molecule has 0 aliphatic rings. The molecular weight excluding hydrogens is 481 g/mol. The highest BCUT2D eigenvalue weighted by Gasteiger charge is 2.19. The summed E-state index contributed by atoms with van der Waals surface area (Å²) in [5, 5.41) is 16.4. The van der Waals surface area contributed by atoms with Gasteiger partial charge in [0.05, 0.1) is 6.04 Å². The monoisotopic (exact) mass is 523 g/mol. The lowest BCUT2D eigenvalue weighted by atomic mass is 10.0. The molecule has 0 radical (unpaired) electrons. The maximum Gasteiger partial charge on any atom is 0.237 e. The van der Waals surface area contributed by atoms with Crippen molar-refractivity contribution in [1.29, 1.82) is 0 Å². The quantitative estimate of drug-likeness (QED) is 0.263. The molecule has 0 unspecified atom stereocenters. The summed E-state index contributed by atoms with van der Waals surface area (Å²) in [6, 6.07) is 17.0. The van der Waals surface area contributed by atoms with Crippen LogP contribution >= 0.6 is 24.8 Å². The second kappa shape index (κ2) is 18.3. The lowest BCUT2D eigenvalue weighted by Gasteiger charge is -2.25. The zero-order chi connectivity index (χ0) is 24.1. The van der Waals surface area contributed by atoms with E-state index in [-0.39, 0.29) is 48.6 Å². The number of unbranched alkanes of at least 4 members (excludes halogenated alkanes) is 1.